The molecule has 0 bridgehead atoms. The Hall–Kier alpha value is -2.99. The van der Waals surface area contributed by atoms with Crippen LogP contribution in [-0.4, -0.2) is 31.7 Å². The Bertz CT molecular complexity index is 892. The van der Waals surface area contributed by atoms with E-state index in [0.29, 0.717) is 41.0 Å². The molecule has 1 amide bonds. The number of carbonyl (C=O) groups excluding carboxylic acids is 2. The third-order valence-electron chi connectivity index (χ3n) is 4.02. The van der Waals surface area contributed by atoms with Gasteiger partial charge in [-0.25, -0.2) is 4.79 Å². The van der Waals surface area contributed by atoms with E-state index >= 15 is 0 Å². The topological polar surface area (TPSA) is 73.9 Å². The van der Waals surface area contributed by atoms with Crippen LogP contribution < -0.4 is 14.8 Å². The highest BCUT2D eigenvalue weighted by Crippen LogP contribution is 2.38. The second-order valence-electron chi connectivity index (χ2n) is 6.07. The van der Waals surface area contributed by atoms with E-state index in [1.165, 1.54) is 17.7 Å². The zero-order chi connectivity index (χ0) is 19.9. The largest absolute Gasteiger partial charge is 0.486 e. The number of amides is 1. The molecule has 1 aliphatic heterocycles. The van der Waals surface area contributed by atoms with Crippen LogP contribution in [0.25, 0.3) is 6.08 Å². The van der Waals surface area contributed by atoms with Crippen molar-refractivity contribution < 1.29 is 23.8 Å². The van der Waals surface area contributed by atoms with E-state index in [-0.39, 0.29) is 6.61 Å². The van der Waals surface area contributed by atoms with Gasteiger partial charge in [0.25, 0.3) is 5.91 Å². The first-order valence-corrected chi connectivity index (χ1v) is 9.25. The number of fused-ring (bicyclic) bond motifs is 1. The van der Waals surface area contributed by atoms with Crippen LogP contribution in [0.15, 0.2) is 42.5 Å². The third kappa shape index (κ3) is 5.27. The fraction of sp³-hybridized carbons (Fsp3) is 0.238. The van der Waals surface area contributed by atoms with E-state index in [4.69, 9.17) is 25.8 Å². The molecule has 146 valence electrons. The number of halogens is 1. The van der Waals surface area contributed by atoms with Crippen LogP contribution in [0.2, 0.25) is 5.02 Å². The van der Waals surface area contributed by atoms with E-state index in [1.807, 2.05) is 24.3 Å². The first-order chi connectivity index (χ1) is 13.5. The molecule has 0 aromatic heterocycles. The average molecular weight is 402 g/mol. The summed E-state index contributed by atoms with van der Waals surface area (Å²) in [5.74, 6) is -0.0209. The maximum atomic E-state index is 11.9. The third-order valence-corrected chi connectivity index (χ3v) is 4.30. The van der Waals surface area contributed by atoms with Crippen molar-refractivity contribution in [1.29, 1.82) is 0 Å². The van der Waals surface area contributed by atoms with E-state index in [9.17, 15) is 9.59 Å². The summed E-state index contributed by atoms with van der Waals surface area (Å²) in [5, 5.41) is 3.08. The fourth-order valence-electron chi connectivity index (χ4n) is 2.60. The molecule has 7 heteroatoms. The monoisotopic (exact) mass is 401 g/mol. The molecule has 0 aliphatic carbocycles. The Labute approximate surface area is 168 Å². The molecule has 1 N–H and O–H groups in total. The summed E-state index contributed by atoms with van der Waals surface area (Å²) in [4.78, 5) is 23.7. The predicted octanol–water partition coefficient (Wildman–Crippen LogP) is 3.87. The maximum Gasteiger partial charge on any atom is 0.331 e. The van der Waals surface area contributed by atoms with Crippen LogP contribution in [-0.2, 0) is 20.7 Å². The Balaban J connectivity index is 1.51. The first-order valence-electron chi connectivity index (χ1n) is 8.88. The van der Waals surface area contributed by atoms with Crippen molar-refractivity contribution in [3.8, 4) is 11.5 Å². The van der Waals surface area contributed by atoms with Crippen molar-refractivity contribution >= 4 is 35.2 Å². The maximum absolute atomic E-state index is 11.9. The van der Waals surface area contributed by atoms with Crippen molar-refractivity contribution in [2.24, 2.45) is 0 Å². The highest BCUT2D eigenvalue weighted by Gasteiger charge is 2.16. The van der Waals surface area contributed by atoms with Gasteiger partial charge < -0.3 is 19.5 Å². The van der Waals surface area contributed by atoms with Gasteiger partial charge in [0.1, 0.15) is 13.2 Å². The number of hydrogen-bond donors (Lipinski definition) is 1. The first kappa shape index (κ1) is 19.8. The van der Waals surface area contributed by atoms with Gasteiger partial charge in [-0.1, -0.05) is 30.7 Å². The molecular weight excluding hydrogens is 382 g/mol. The van der Waals surface area contributed by atoms with Crippen molar-refractivity contribution in [3.63, 3.8) is 0 Å². The SMILES string of the molecule is CCc1ccc(NC(=O)COC(=O)/C=C\c2cc(Cl)c3c(c2)OCCO3)cc1. The Morgan fingerprint density at radius 3 is 2.68 bits per heavy atom. The number of anilines is 1. The van der Waals surface area contributed by atoms with Crippen molar-refractivity contribution in [3.05, 3.63) is 58.6 Å². The highest BCUT2D eigenvalue weighted by molar-refractivity contribution is 6.32. The number of benzene rings is 2. The van der Waals surface area contributed by atoms with Gasteiger partial charge in [-0.2, -0.15) is 0 Å². The van der Waals surface area contributed by atoms with Crippen LogP contribution in [0.1, 0.15) is 18.1 Å². The molecule has 0 saturated heterocycles. The molecule has 3 rings (SSSR count). The number of esters is 1. The molecule has 0 unspecified atom stereocenters. The number of aryl methyl sites for hydroxylation is 1. The van der Waals surface area contributed by atoms with Crippen molar-refractivity contribution in [1.82, 2.24) is 0 Å². The van der Waals surface area contributed by atoms with Crippen molar-refractivity contribution in [2.45, 2.75) is 13.3 Å². The van der Waals surface area contributed by atoms with Crippen molar-refractivity contribution in [2.75, 3.05) is 25.1 Å². The second kappa shape index (κ2) is 9.28. The number of rotatable bonds is 6. The highest BCUT2D eigenvalue weighted by atomic mass is 35.5. The van der Waals surface area contributed by atoms with Gasteiger partial charge in [-0.15, -0.1) is 0 Å². The van der Waals surface area contributed by atoms with E-state index in [0.717, 1.165) is 6.42 Å². The molecule has 0 radical (unpaired) electrons. The molecule has 6 nitrogen and oxygen atoms in total. The Morgan fingerprint density at radius 2 is 1.93 bits per heavy atom. The smallest absolute Gasteiger partial charge is 0.331 e. The minimum Gasteiger partial charge on any atom is -0.486 e. The van der Waals surface area contributed by atoms with E-state index in [1.54, 1.807) is 12.1 Å². The molecule has 0 spiro atoms. The minimum absolute atomic E-state index is 0.374. The number of hydrogen-bond acceptors (Lipinski definition) is 5. The van der Waals surface area contributed by atoms with Crippen LogP contribution >= 0.6 is 11.6 Å². The lowest BCUT2D eigenvalue weighted by molar-refractivity contribution is -0.142. The summed E-state index contributed by atoms with van der Waals surface area (Å²) in [7, 11) is 0. The summed E-state index contributed by atoms with van der Waals surface area (Å²) in [6, 6.07) is 10.9. The summed E-state index contributed by atoms with van der Waals surface area (Å²) in [5.41, 5.74) is 2.49. The van der Waals surface area contributed by atoms with Crippen LogP contribution in [0.4, 0.5) is 5.69 Å². The van der Waals surface area contributed by atoms with Gasteiger partial charge in [0.05, 0.1) is 5.02 Å². The molecule has 0 atom stereocenters. The van der Waals surface area contributed by atoms with E-state index < -0.39 is 11.9 Å². The summed E-state index contributed by atoms with van der Waals surface area (Å²) in [6.07, 6.45) is 3.69. The van der Waals surface area contributed by atoms with Crippen LogP contribution in [0.5, 0.6) is 11.5 Å². The Morgan fingerprint density at radius 1 is 1.18 bits per heavy atom. The van der Waals surface area contributed by atoms with E-state index in [2.05, 4.69) is 12.2 Å². The lowest BCUT2D eigenvalue weighted by Gasteiger charge is -2.19. The molecule has 2 aromatic rings. The fourth-order valence-corrected chi connectivity index (χ4v) is 2.87. The summed E-state index contributed by atoms with van der Waals surface area (Å²) < 4.78 is 15.9. The van der Waals surface area contributed by atoms with Gasteiger partial charge in [0, 0.05) is 11.8 Å². The number of carbonyl (C=O) groups is 2. The zero-order valence-electron chi connectivity index (χ0n) is 15.4. The zero-order valence-corrected chi connectivity index (χ0v) is 16.1. The standard InChI is InChI=1S/C21H20ClNO5/c1-2-14-3-6-16(7-4-14)23-19(24)13-28-20(25)8-5-15-11-17(22)21-18(12-15)26-9-10-27-21/h3-8,11-12H,2,9-10,13H2,1H3,(H,23,24)/b8-5-. The molecule has 1 aliphatic rings. The van der Waals surface area contributed by atoms with Crippen LogP contribution in [0, 0.1) is 0 Å². The van der Waals surface area contributed by atoms with Gasteiger partial charge in [0.2, 0.25) is 0 Å². The van der Waals surface area contributed by atoms with Crippen LogP contribution in [0.3, 0.4) is 0 Å². The van der Waals surface area contributed by atoms with Gasteiger partial charge in [-0.05, 0) is 47.9 Å². The normalized spacial score (nSPS) is 12.6. The lowest BCUT2D eigenvalue weighted by atomic mass is 10.1. The molecule has 0 fully saturated rings. The Kier molecular flexibility index (Phi) is 6.55. The molecular formula is C21H20ClNO5. The van der Waals surface area contributed by atoms with Gasteiger partial charge in [0.15, 0.2) is 18.1 Å². The number of ether oxygens (including phenoxy) is 3. The quantitative estimate of drug-likeness (QED) is 0.587. The lowest BCUT2D eigenvalue weighted by Crippen LogP contribution is -2.20. The summed E-state index contributed by atoms with van der Waals surface area (Å²) in [6.45, 7) is 2.56. The number of nitrogens with one attached hydrogen (secondary N) is 1. The molecule has 28 heavy (non-hydrogen) atoms. The predicted molar refractivity (Wildman–Crippen MR) is 107 cm³/mol. The van der Waals surface area contributed by atoms with Gasteiger partial charge >= 0.3 is 5.97 Å². The van der Waals surface area contributed by atoms with Gasteiger partial charge in [-0.3, -0.25) is 4.79 Å². The molecule has 1 heterocycles. The summed E-state index contributed by atoms with van der Waals surface area (Å²) >= 11 is 6.15. The second-order valence-corrected chi connectivity index (χ2v) is 6.47. The average Bonchev–Trinajstić information content (AvgIpc) is 2.71. The molecule has 2 aromatic carbocycles. The minimum atomic E-state index is -0.637. The molecule has 0 saturated carbocycles.